The Labute approximate surface area is 159 Å². The predicted octanol–water partition coefficient (Wildman–Crippen LogP) is 5.12. The van der Waals surface area contributed by atoms with Crippen molar-refractivity contribution in [3.8, 4) is 11.4 Å². The number of nitrogens with zero attached hydrogens (tertiary/aromatic N) is 4. The van der Waals surface area contributed by atoms with E-state index < -0.39 is 0 Å². The Kier molecular flexibility index (Phi) is 4.61. The lowest BCUT2D eigenvalue weighted by molar-refractivity contribution is 0.628. The minimum absolute atomic E-state index is 0.319. The van der Waals surface area contributed by atoms with Gasteiger partial charge in [0.2, 0.25) is 0 Å². The van der Waals surface area contributed by atoms with Crippen molar-refractivity contribution in [2.75, 3.05) is 0 Å². The standard InChI is InChI=1S/C19H14ClFN4S/c1-25-18(13-6-2-3-7-16(13)21)23-24-19(25)26-11-14-15(20)9-8-12-5-4-10-22-17(12)14/h2-10H,11H2,1H3. The summed E-state index contributed by atoms with van der Waals surface area (Å²) in [5.74, 6) is 0.768. The largest absolute Gasteiger partial charge is 0.305 e. The molecule has 2 aromatic heterocycles. The molecule has 0 bridgehead atoms. The summed E-state index contributed by atoms with van der Waals surface area (Å²) < 4.78 is 15.8. The van der Waals surface area contributed by atoms with E-state index in [1.54, 1.807) is 29.0 Å². The maximum Gasteiger partial charge on any atom is 0.191 e. The first-order valence-corrected chi connectivity index (χ1v) is 9.30. The fourth-order valence-corrected chi connectivity index (χ4v) is 4.02. The molecule has 0 aliphatic heterocycles. The molecule has 4 aromatic rings. The fourth-order valence-electron chi connectivity index (χ4n) is 2.77. The summed E-state index contributed by atoms with van der Waals surface area (Å²) in [4.78, 5) is 4.45. The first-order chi connectivity index (χ1) is 12.6. The van der Waals surface area contributed by atoms with Crippen molar-refractivity contribution in [2.24, 2.45) is 7.05 Å². The van der Waals surface area contributed by atoms with Crippen molar-refractivity contribution >= 4 is 34.3 Å². The molecule has 0 radical (unpaired) electrons. The second-order valence-electron chi connectivity index (χ2n) is 5.73. The van der Waals surface area contributed by atoms with Gasteiger partial charge in [-0.1, -0.05) is 47.6 Å². The third-order valence-electron chi connectivity index (χ3n) is 4.12. The van der Waals surface area contributed by atoms with E-state index in [9.17, 15) is 4.39 Å². The highest BCUT2D eigenvalue weighted by atomic mass is 35.5. The Bertz CT molecular complexity index is 1100. The molecule has 0 N–H and O–H groups in total. The SMILES string of the molecule is Cn1c(SCc2c(Cl)ccc3cccnc23)nnc1-c1ccccc1F. The highest BCUT2D eigenvalue weighted by Gasteiger charge is 2.16. The van der Waals surface area contributed by atoms with Crippen LogP contribution in [0.1, 0.15) is 5.56 Å². The number of benzene rings is 2. The van der Waals surface area contributed by atoms with Crippen LogP contribution in [0.4, 0.5) is 4.39 Å². The topological polar surface area (TPSA) is 43.6 Å². The molecule has 0 saturated carbocycles. The third kappa shape index (κ3) is 3.06. The first kappa shape index (κ1) is 17.0. The van der Waals surface area contributed by atoms with Gasteiger partial charge in [0.15, 0.2) is 11.0 Å². The smallest absolute Gasteiger partial charge is 0.191 e. The molecule has 0 saturated heterocycles. The van der Waals surface area contributed by atoms with E-state index in [-0.39, 0.29) is 5.82 Å². The molecule has 7 heteroatoms. The lowest BCUT2D eigenvalue weighted by Gasteiger charge is -2.08. The highest BCUT2D eigenvalue weighted by molar-refractivity contribution is 7.98. The van der Waals surface area contributed by atoms with E-state index in [2.05, 4.69) is 15.2 Å². The molecule has 0 amide bonds. The monoisotopic (exact) mass is 384 g/mol. The summed E-state index contributed by atoms with van der Waals surface area (Å²) in [5, 5.41) is 10.7. The van der Waals surface area contributed by atoms with Crippen molar-refractivity contribution in [2.45, 2.75) is 10.9 Å². The molecule has 2 heterocycles. The molecule has 0 atom stereocenters. The van der Waals surface area contributed by atoms with Crippen LogP contribution >= 0.6 is 23.4 Å². The lowest BCUT2D eigenvalue weighted by atomic mass is 10.1. The third-order valence-corrected chi connectivity index (χ3v) is 5.52. The number of hydrogen-bond acceptors (Lipinski definition) is 4. The summed E-state index contributed by atoms with van der Waals surface area (Å²) in [6.45, 7) is 0. The van der Waals surface area contributed by atoms with Gasteiger partial charge in [0, 0.05) is 35.0 Å². The average molecular weight is 385 g/mol. The molecule has 0 aliphatic carbocycles. The van der Waals surface area contributed by atoms with Crippen LogP contribution in [-0.2, 0) is 12.8 Å². The summed E-state index contributed by atoms with van der Waals surface area (Å²) in [5.41, 5.74) is 2.26. The normalized spacial score (nSPS) is 11.2. The molecule has 0 fully saturated rings. The Hall–Kier alpha value is -2.44. The van der Waals surface area contributed by atoms with Gasteiger partial charge in [0.1, 0.15) is 5.82 Å². The number of hydrogen-bond donors (Lipinski definition) is 0. The molecule has 4 nitrogen and oxygen atoms in total. The van der Waals surface area contributed by atoms with Crippen LogP contribution in [0.25, 0.3) is 22.3 Å². The van der Waals surface area contributed by atoms with Crippen LogP contribution in [0.3, 0.4) is 0 Å². The van der Waals surface area contributed by atoms with Gasteiger partial charge in [-0.05, 0) is 24.3 Å². The van der Waals surface area contributed by atoms with E-state index >= 15 is 0 Å². The molecule has 0 unspecified atom stereocenters. The molecular weight excluding hydrogens is 371 g/mol. The second kappa shape index (κ2) is 7.05. The van der Waals surface area contributed by atoms with Gasteiger partial charge in [-0.2, -0.15) is 0 Å². The van der Waals surface area contributed by atoms with Crippen molar-refractivity contribution in [1.29, 1.82) is 0 Å². The zero-order chi connectivity index (χ0) is 18.1. The van der Waals surface area contributed by atoms with Gasteiger partial charge in [-0.3, -0.25) is 4.98 Å². The number of fused-ring (bicyclic) bond motifs is 1. The first-order valence-electron chi connectivity index (χ1n) is 7.94. The van der Waals surface area contributed by atoms with E-state index in [4.69, 9.17) is 11.6 Å². The average Bonchev–Trinajstić information content (AvgIpc) is 3.02. The second-order valence-corrected chi connectivity index (χ2v) is 7.08. The number of pyridine rings is 1. The summed E-state index contributed by atoms with van der Waals surface area (Å²) in [6.07, 6.45) is 1.76. The Morgan fingerprint density at radius 2 is 1.92 bits per heavy atom. The van der Waals surface area contributed by atoms with Gasteiger partial charge in [0.25, 0.3) is 0 Å². The van der Waals surface area contributed by atoms with Crippen LogP contribution in [0, 0.1) is 5.82 Å². The summed E-state index contributed by atoms with van der Waals surface area (Å²) in [7, 11) is 1.83. The Morgan fingerprint density at radius 1 is 1.08 bits per heavy atom. The number of aromatic nitrogens is 4. The van der Waals surface area contributed by atoms with Crippen molar-refractivity contribution in [3.05, 3.63) is 71.1 Å². The number of halogens is 2. The molecule has 2 aromatic carbocycles. The molecule has 0 aliphatic rings. The molecule has 26 heavy (non-hydrogen) atoms. The van der Waals surface area contributed by atoms with Crippen LogP contribution in [0.15, 0.2) is 59.9 Å². The quantitative estimate of drug-likeness (QED) is 0.458. The fraction of sp³-hybridized carbons (Fsp3) is 0.105. The Balaban J connectivity index is 1.64. The predicted molar refractivity (Wildman–Crippen MR) is 103 cm³/mol. The van der Waals surface area contributed by atoms with E-state index in [0.29, 0.717) is 27.3 Å². The Morgan fingerprint density at radius 3 is 2.77 bits per heavy atom. The van der Waals surface area contributed by atoms with E-state index in [1.165, 1.54) is 17.8 Å². The van der Waals surface area contributed by atoms with Gasteiger partial charge in [-0.15, -0.1) is 10.2 Å². The number of rotatable bonds is 4. The molecule has 130 valence electrons. The van der Waals surface area contributed by atoms with Crippen molar-refractivity contribution in [1.82, 2.24) is 19.7 Å². The van der Waals surface area contributed by atoms with Crippen LogP contribution < -0.4 is 0 Å². The maximum absolute atomic E-state index is 14.0. The summed E-state index contributed by atoms with van der Waals surface area (Å²) >= 11 is 7.88. The van der Waals surface area contributed by atoms with Crippen molar-refractivity contribution < 1.29 is 4.39 Å². The van der Waals surface area contributed by atoms with Gasteiger partial charge in [0.05, 0.1) is 11.1 Å². The van der Waals surface area contributed by atoms with Gasteiger partial charge < -0.3 is 4.57 Å². The van der Waals surface area contributed by atoms with Crippen molar-refractivity contribution in [3.63, 3.8) is 0 Å². The minimum atomic E-state index is -0.319. The zero-order valence-corrected chi connectivity index (χ0v) is 15.4. The zero-order valence-electron chi connectivity index (χ0n) is 13.9. The minimum Gasteiger partial charge on any atom is -0.305 e. The number of thioether (sulfide) groups is 1. The highest BCUT2D eigenvalue weighted by Crippen LogP contribution is 2.32. The molecule has 4 rings (SSSR count). The molecular formula is C19H14ClFN4S. The maximum atomic E-state index is 14.0. The summed E-state index contributed by atoms with van der Waals surface area (Å²) in [6, 6.07) is 14.3. The molecule has 0 spiro atoms. The van der Waals surface area contributed by atoms with Gasteiger partial charge in [-0.25, -0.2) is 4.39 Å². The van der Waals surface area contributed by atoms with Crippen LogP contribution in [-0.4, -0.2) is 19.7 Å². The van der Waals surface area contributed by atoms with Crippen LogP contribution in [0.5, 0.6) is 0 Å². The van der Waals surface area contributed by atoms with E-state index in [1.807, 2.05) is 31.3 Å². The van der Waals surface area contributed by atoms with E-state index in [0.717, 1.165) is 16.5 Å². The van der Waals surface area contributed by atoms with Gasteiger partial charge >= 0.3 is 0 Å². The lowest BCUT2D eigenvalue weighted by Crippen LogP contribution is -1.97. The van der Waals surface area contributed by atoms with Crippen LogP contribution in [0.2, 0.25) is 5.02 Å².